The number of rotatable bonds is 11. The van der Waals surface area contributed by atoms with Crippen LogP contribution in [0.4, 0.5) is 5.69 Å². The van der Waals surface area contributed by atoms with Gasteiger partial charge in [0.1, 0.15) is 0 Å². The quantitative estimate of drug-likeness (QED) is 0.607. The third-order valence-corrected chi connectivity index (χ3v) is 2.72. The molecule has 2 N–H and O–H groups in total. The van der Waals surface area contributed by atoms with Gasteiger partial charge in [0.05, 0.1) is 38.6 Å². The number of nitrogens with one attached hydrogen (secondary N) is 1. The van der Waals surface area contributed by atoms with E-state index in [1.54, 1.807) is 31.4 Å². The summed E-state index contributed by atoms with van der Waals surface area (Å²) < 4.78 is 15.6. The Labute approximate surface area is 125 Å². The maximum absolute atomic E-state index is 10.7. The summed E-state index contributed by atoms with van der Waals surface area (Å²) in [5.41, 5.74) is 1.14. The molecule has 0 spiro atoms. The smallest absolute Gasteiger partial charge is 0.335 e. The van der Waals surface area contributed by atoms with E-state index in [2.05, 4.69) is 5.32 Å². The van der Waals surface area contributed by atoms with Crippen LogP contribution in [0.25, 0.3) is 0 Å². The minimum absolute atomic E-state index is 0.125. The molecule has 0 amide bonds. The van der Waals surface area contributed by atoms with Crippen LogP contribution in [0.1, 0.15) is 17.3 Å². The normalized spacial score (nSPS) is 12.1. The van der Waals surface area contributed by atoms with Crippen LogP contribution in [0.5, 0.6) is 0 Å². The van der Waals surface area contributed by atoms with E-state index < -0.39 is 5.97 Å². The molecule has 0 aromatic heterocycles. The summed E-state index contributed by atoms with van der Waals surface area (Å²) in [6, 6.07) is 6.76. The largest absolute Gasteiger partial charge is 0.478 e. The summed E-state index contributed by atoms with van der Waals surface area (Å²) in [4.78, 5) is 10.7. The standard InChI is InChI=1S/C15H23NO5/c1-12(11-21-10-9-20-8-7-19-2)16-14-5-3-13(4-6-14)15(17)18/h3-6,12,16H,7-11H2,1-2H3,(H,17,18)/t12-/m0/s1. The Kier molecular flexibility index (Phi) is 8.42. The Balaban J connectivity index is 2.15. The van der Waals surface area contributed by atoms with Crippen molar-refractivity contribution in [2.75, 3.05) is 45.5 Å². The molecule has 6 nitrogen and oxygen atoms in total. The topological polar surface area (TPSA) is 77.0 Å². The van der Waals surface area contributed by atoms with E-state index in [1.807, 2.05) is 6.92 Å². The highest BCUT2D eigenvalue weighted by atomic mass is 16.5. The summed E-state index contributed by atoms with van der Waals surface area (Å²) >= 11 is 0. The molecular formula is C15H23NO5. The predicted octanol–water partition coefficient (Wildman–Crippen LogP) is 1.86. The summed E-state index contributed by atoms with van der Waals surface area (Å²) in [5.74, 6) is -0.925. The van der Waals surface area contributed by atoms with Crippen LogP contribution in [0.3, 0.4) is 0 Å². The number of anilines is 1. The number of carboxylic acid groups (broad SMARTS) is 1. The van der Waals surface area contributed by atoms with Crippen LogP contribution < -0.4 is 5.32 Å². The van der Waals surface area contributed by atoms with Gasteiger partial charge in [0, 0.05) is 18.8 Å². The van der Waals surface area contributed by atoms with Gasteiger partial charge in [-0.15, -0.1) is 0 Å². The SMILES string of the molecule is COCCOCCOC[C@H](C)Nc1ccc(C(=O)O)cc1. The lowest BCUT2D eigenvalue weighted by Crippen LogP contribution is -2.23. The third-order valence-electron chi connectivity index (χ3n) is 2.72. The molecule has 1 atom stereocenters. The lowest BCUT2D eigenvalue weighted by Gasteiger charge is -2.15. The predicted molar refractivity (Wildman–Crippen MR) is 80.0 cm³/mol. The van der Waals surface area contributed by atoms with Crippen molar-refractivity contribution in [3.8, 4) is 0 Å². The van der Waals surface area contributed by atoms with Gasteiger partial charge < -0.3 is 24.6 Å². The molecule has 0 aliphatic rings. The van der Waals surface area contributed by atoms with E-state index >= 15 is 0 Å². The lowest BCUT2D eigenvalue weighted by molar-refractivity contribution is 0.0235. The van der Waals surface area contributed by atoms with Gasteiger partial charge in [-0.05, 0) is 31.2 Å². The Morgan fingerprint density at radius 1 is 1.14 bits per heavy atom. The number of hydrogen-bond acceptors (Lipinski definition) is 5. The van der Waals surface area contributed by atoms with Crippen LogP contribution in [-0.4, -0.2) is 57.3 Å². The maximum Gasteiger partial charge on any atom is 0.335 e. The second kappa shape index (κ2) is 10.1. The molecule has 118 valence electrons. The van der Waals surface area contributed by atoms with Crippen LogP contribution >= 0.6 is 0 Å². The van der Waals surface area contributed by atoms with Crippen molar-refractivity contribution in [1.29, 1.82) is 0 Å². The molecule has 1 aromatic carbocycles. The maximum atomic E-state index is 10.7. The highest BCUT2D eigenvalue weighted by Gasteiger charge is 2.04. The number of methoxy groups -OCH3 is 1. The number of carbonyl (C=O) groups is 1. The van der Waals surface area contributed by atoms with Gasteiger partial charge >= 0.3 is 5.97 Å². The fourth-order valence-electron chi connectivity index (χ4n) is 1.66. The summed E-state index contributed by atoms with van der Waals surface area (Å²) in [6.45, 7) is 4.79. The Bertz CT molecular complexity index is 407. The van der Waals surface area contributed by atoms with Crippen molar-refractivity contribution in [1.82, 2.24) is 0 Å². The van der Waals surface area contributed by atoms with E-state index in [4.69, 9.17) is 19.3 Å². The molecule has 6 heteroatoms. The molecule has 0 radical (unpaired) electrons. The Morgan fingerprint density at radius 2 is 1.76 bits per heavy atom. The minimum atomic E-state index is -0.925. The zero-order valence-electron chi connectivity index (χ0n) is 12.5. The highest BCUT2D eigenvalue weighted by molar-refractivity contribution is 5.87. The molecule has 0 saturated carbocycles. The molecule has 1 aromatic rings. The first-order chi connectivity index (χ1) is 10.1. The van der Waals surface area contributed by atoms with Crippen molar-refractivity contribution >= 4 is 11.7 Å². The van der Waals surface area contributed by atoms with Crippen molar-refractivity contribution in [3.63, 3.8) is 0 Å². The monoisotopic (exact) mass is 297 g/mol. The lowest BCUT2D eigenvalue weighted by atomic mass is 10.2. The van der Waals surface area contributed by atoms with Gasteiger partial charge in [-0.1, -0.05) is 0 Å². The first kappa shape index (κ1) is 17.4. The molecular weight excluding hydrogens is 274 g/mol. The van der Waals surface area contributed by atoms with Crippen LogP contribution in [0.15, 0.2) is 24.3 Å². The van der Waals surface area contributed by atoms with Gasteiger partial charge in [-0.2, -0.15) is 0 Å². The van der Waals surface area contributed by atoms with E-state index in [9.17, 15) is 4.79 Å². The first-order valence-electron chi connectivity index (χ1n) is 6.87. The zero-order valence-corrected chi connectivity index (χ0v) is 12.5. The Hall–Kier alpha value is -1.63. The number of carboxylic acids is 1. The van der Waals surface area contributed by atoms with Crippen LogP contribution in [0, 0.1) is 0 Å². The Morgan fingerprint density at radius 3 is 2.38 bits per heavy atom. The number of aromatic carboxylic acids is 1. The van der Waals surface area contributed by atoms with Gasteiger partial charge in [-0.3, -0.25) is 0 Å². The molecule has 0 bridgehead atoms. The summed E-state index contributed by atoms with van der Waals surface area (Å²) in [7, 11) is 1.64. The minimum Gasteiger partial charge on any atom is -0.478 e. The van der Waals surface area contributed by atoms with Gasteiger partial charge in [0.15, 0.2) is 0 Å². The summed E-state index contributed by atoms with van der Waals surface area (Å²) in [5, 5.41) is 12.1. The van der Waals surface area contributed by atoms with Crippen LogP contribution in [-0.2, 0) is 14.2 Å². The number of hydrogen-bond donors (Lipinski definition) is 2. The zero-order chi connectivity index (χ0) is 15.5. The van der Waals surface area contributed by atoms with Crippen molar-refractivity contribution in [2.45, 2.75) is 13.0 Å². The molecule has 21 heavy (non-hydrogen) atoms. The summed E-state index contributed by atoms with van der Waals surface area (Å²) in [6.07, 6.45) is 0. The van der Waals surface area contributed by atoms with E-state index in [0.717, 1.165) is 5.69 Å². The molecule has 0 unspecified atom stereocenters. The molecule has 1 rings (SSSR count). The van der Waals surface area contributed by atoms with Gasteiger partial charge in [-0.25, -0.2) is 4.79 Å². The number of benzene rings is 1. The first-order valence-corrected chi connectivity index (χ1v) is 6.87. The fourth-order valence-corrected chi connectivity index (χ4v) is 1.66. The molecule has 0 fully saturated rings. The van der Waals surface area contributed by atoms with Gasteiger partial charge in [0.25, 0.3) is 0 Å². The van der Waals surface area contributed by atoms with Gasteiger partial charge in [0.2, 0.25) is 0 Å². The van der Waals surface area contributed by atoms with Crippen LogP contribution in [0.2, 0.25) is 0 Å². The fraction of sp³-hybridized carbons (Fsp3) is 0.533. The van der Waals surface area contributed by atoms with E-state index in [0.29, 0.717) is 33.0 Å². The third kappa shape index (κ3) is 7.65. The molecule has 0 aliphatic heterocycles. The van der Waals surface area contributed by atoms with Crippen molar-refractivity contribution in [3.05, 3.63) is 29.8 Å². The van der Waals surface area contributed by atoms with E-state index in [-0.39, 0.29) is 11.6 Å². The highest BCUT2D eigenvalue weighted by Crippen LogP contribution is 2.10. The molecule has 0 saturated heterocycles. The molecule has 0 heterocycles. The average Bonchev–Trinajstić information content (AvgIpc) is 2.47. The molecule has 0 aliphatic carbocycles. The van der Waals surface area contributed by atoms with Crippen molar-refractivity contribution < 1.29 is 24.1 Å². The van der Waals surface area contributed by atoms with Crippen molar-refractivity contribution in [2.24, 2.45) is 0 Å². The second-order valence-electron chi connectivity index (χ2n) is 4.61. The number of ether oxygens (including phenoxy) is 3. The second-order valence-corrected chi connectivity index (χ2v) is 4.61. The average molecular weight is 297 g/mol. The van der Waals surface area contributed by atoms with E-state index in [1.165, 1.54) is 0 Å².